The molecule has 0 atom stereocenters. The Morgan fingerprint density at radius 2 is 2.50 bits per heavy atom. The van der Waals surface area contributed by atoms with Gasteiger partial charge in [-0.1, -0.05) is 15.9 Å². The molecule has 0 spiro atoms. The van der Waals surface area contributed by atoms with Gasteiger partial charge in [0.25, 0.3) is 0 Å². The van der Waals surface area contributed by atoms with Crippen LogP contribution in [0, 0.1) is 0 Å². The number of rotatable bonds is 2. The first kappa shape index (κ1) is 9.48. The fourth-order valence-electron chi connectivity index (χ4n) is 0.649. The zero-order valence-electron chi connectivity index (χ0n) is 6.05. The van der Waals surface area contributed by atoms with Crippen LogP contribution in [0.1, 0.15) is 0 Å². The highest BCUT2D eigenvalue weighted by Gasteiger charge is 2.00. The zero-order valence-corrected chi connectivity index (χ0v) is 8.39. The molecule has 1 N–H and O–H groups in total. The Morgan fingerprint density at radius 1 is 1.75 bits per heavy atom. The van der Waals surface area contributed by atoms with Gasteiger partial charge < -0.3 is 5.32 Å². The van der Waals surface area contributed by atoms with Gasteiger partial charge in [-0.2, -0.15) is 0 Å². The van der Waals surface area contributed by atoms with Crippen molar-refractivity contribution >= 4 is 39.3 Å². The van der Waals surface area contributed by atoms with E-state index in [0.29, 0.717) is 5.82 Å². The van der Waals surface area contributed by atoms with Crippen LogP contribution in [0.4, 0.5) is 5.82 Å². The fraction of sp³-hybridized carbons (Fsp3) is 0.143. The van der Waals surface area contributed by atoms with Crippen LogP contribution in [0.2, 0.25) is 0 Å². The molecule has 0 saturated heterocycles. The minimum Gasteiger partial charge on any atom is -0.310 e. The summed E-state index contributed by atoms with van der Waals surface area (Å²) in [4.78, 5) is 14.7. The van der Waals surface area contributed by atoms with Crippen LogP contribution in [0.5, 0.6) is 0 Å². The molecule has 64 valence electrons. The molecule has 0 aliphatic carbocycles. The van der Waals surface area contributed by atoms with E-state index in [1.54, 1.807) is 18.3 Å². The molecule has 0 saturated carbocycles. The maximum absolute atomic E-state index is 10.8. The SMILES string of the molecule is O=C(CCl)Nc1cc(Br)ccn1. The number of carbonyl (C=O) groups is 1. The van der Waals surface area contributed by atoms with E-state index < -0.39 is 0 Å². The third-order valence-electron chi connectivity index (χ3n) is 1.11. The Hall–Kier alpha value is -0.610. The van der Waals surface area contributed by atoms with Gasteiger partial charge in [0, 0.05) is 10.7 Å². The van der Waals surface area contributed by atoms with Gasteiger partial charge in [0.1, 0.15) is 11.7 Å². The first-order valence-corrected chi connectivity index (χ1v) is 4.52. The number of nitrogens with one attached hydrogen (secondary N) is 1. The molecule has 0 radical (unpaired) electrons. The molecule has 5 heteroatoms. The lowest BCUT2D eigenvalue weighted by atomic mass is 10.4. The maximum atomic E-state index is 10.8. The number of nitrogens with zero attached hydrogens (tertiary/aromatic N) is 1. The van der Waals surface area contributed by atoms with Crippen LogP contribution >= 0.6 is 27.5 Å². The van der Waals surface area contributed by atoms with Gasteiger partial charge >= 0.3 is 0 Å². The van der Waals surface area contributed by atoms with Gasteiger partial charge in [-0.05, 0) is 12.1 Å². The van der Waals surface area contributed by atoms with Crippen molar-refractivity contribution in [2.45, 2.75) is 0 Å². The molecular formula is C7H6BrClN2O. The number of hydrogen-bond acceptors (Lipinski definition) is 2. The summed E-state index contributed by atoms with van der Waals surface area (Å²) in [7, 11) is 0. The summed E-state index contributed by atoms with van der Waals surface area (Å²) in [6.45, 7) is 0. The topological polar surface area (TPSA) is 42.0 Å². The zero-order chi connectivity index (χ0) is 8.97. The minimum absolute atomic E-state index is 0.0613. The number of halogens is 2. The monoisotopic (exact) mass is 248 g/mol. The standard InChI is InChI=1S/C7H6BrClN2O/c8-5-1-2-10-6(3-5)11-7(12)4-9/h1-3H,4H2,(H,10,11,12). The molecule has 1 aromatic rings. The summed E-state index contributed by atoms with van der Waals surface area (Å²) in [6, 6.07) is 3.47. The largest absolute Gasteiger partial charge is 0.310 e. The van der Waals surface area contributed by atoms with Gasteiger partial charge in [-0.25, -0.2) is 4.98 Å². The lowest BCUT2D eigenvalue weighted by Gasteiger charge is -2.00. The van der Waals surface area contributed by atoms with E-state index in [-0.39, 0.29) is 11.8 Å². The van der Waals surface area contributed by atoms with Crippen molar-refractivity contribution in [1.82, 2.24) is 4.98 Å². The smallest absolute Gasteiger partial charge is 0.240 e. The molecule has 1 amide bonds. The maximum Gasteiger partial charge on any atom is 0.240 e. The van der Waals surface area contributed by atoms with E-state index in [9.17, 15) is 4.79 Å². The van der Waals surface area contributed by atoms with Crippen molar-refractivity contribution in [2.24, 2.45) is 0 Å². The predicted octanol–water partition coefficient (Wildman–Crippen LogP) is 2.02. The molecule has 1 rings (SSSR count). The summed E-state index contributed by atoms with van der Waals surface area (Å²) < 4.78 is 0.863. The van der Waals surface area contributed by atoms with Crippen molar-refractivity contribution in [1.29, 1.82) is 0 Å². The predicted molar refractivity (Wildman–Crippen MR) is 51.3 cm³/mol. The van der Waals surface area contributed by atoms with Crippen LogP contribution < -0.4 is 5.32 Å². The summed E-state index contributed by atoms with van der Waals surface area (Å²) in [5.74, 6) is 0.172. The first-order valence-electron chi connectivity index (χ1n) is 3.20. The quantitative estimate of drug-likeness (QED) is 0.815. The number of anilines is 1. The van der Waals surface area contributed by atoms with Gasteiger partial charge in [0.15, 0.2) is 0 Å². The average Bonchev–Trinajstić information content (AvgIpc) is 2.04. The van der Waals surface area contributed by atoms with Gasteiger partial charge in [-0.15, -0.1) is 11.6 Å². The Bertz CT molecular complexity index is 292. The van der Waals surface area contributed by atoms with Gasteiger partial charge in [0.05, 0.1) is 0 Å². The highest BCUT2D eigenvalue weighted by atomic mass is 79.9. The van der Waals surface area contributed by atoms with Crippen LogP contribution in [0.15, 0.2) is 22.8 Å². The van der Waals surface area contributed by atoms with E-state index in [1.165, 1.54) is 0 Å². The fourth-order valence-corrected chi connectivity index (χ4v) is 1.05. The molecule has 12 heavy (non-hydrogen) atoms. The molecule has 0 aromatic carbocycles. The van der Waals surface area contributed by atoms with E-state index >= 15 is 0 Å². The van der Waals surface area contributed by atoms with Crippen LogP contribution in [-0.4, -0.2) is 16.8 Å². The van der Waals surface area contributed by atoms with Crippen molar-refractivity contribution in [3.05, 3.63) is 22.8 Å². The van der Waals surface area contributed by atoms with Crippen molar-refractivity contribution in [3.8, 4) is 0 Å². The number of alkyl halides is 1. The van der Waals surface area contributed by atoms with Crippen molar-refractivity contribution in [2.75, 3.05) is 11.2 Å². The van der Waals surface area contributed by atoms with Gasteiger partial charge in [0.2, 0.25) is 5.91 Å². The van der Waals surface area contributed by atoms with E-state index in [0.717, 1.165) is 4.47 Å². The molecule has 0 unspecified atom stereocenters. The molecule has 1 aromatic heterocycles. The number of aromatic nitrogens is 1. The van der Waals surface area contributed by atoms with Crippen molar-refractivity contribution < 1.29 is 4.79 Å². The normalized spacial score (nSPS) is 9.50. The highest BCUT2D eigenvalue weighted by molar-refractivity contribution is 9.10. The summed E-state index contributed by atoms with van der Waals surface area (Å²) >= 11 is 8.54. The second kappa shape index (κ2) is 4.42. The van der Waals surface area contributed by atoms with Crippen LogP contribution in [-0.2, 0) is 4.79 Å². The summed E-state index contributed by atoms with van der Waals surface area (Å²) in [5, 5.41) is 2.52. The lowest BCUT2D eigenvalue weighted by molar-refractivity contribution is -0.113. The third-order valence-corrected chi connectivity index (χ3v) is 1.85. The highest BCUT2D eigenvalue weighted by Crippen LogP contribution is 2.12. The van der Waals surface area contributed by atoms with E-state index in [4.69, 9.17) is 11.6 Å². The molecule has 1 heterocycles. The van der Waals surface area contributed by atoms with Crippen molar-refractivity contribution in [3.63, 3.8) is 0 Å². The summed E-state index contributed by atoms with van der Waals surface area (Å²) in [5.41, 5.74) is 0. The number of pyridine rings is 1. The number of carbonyl (C=O) groups excluding carboxylic acids is 1. The Kier molecular flexibility index (Phi) is 3.49. The molecule has 0 aliphatic rings. The number of amides is 1. The number of hydrogen-bond donors (Lipinski definition) is 1. The second-order valence-electron chi connectivity index (χ2n) is 2.04. The minimum atomic E-state index is -0.262. The average molecular weight is 249 g/mol. The van der Waals surface area contributed by atoms with Crippen LogP contribution in [0.25, 0.3) is 0 Å². The summed E-state index contributed by atoms with van der Waals surface area (Å²) in [6.07, 6.45) is 1.59. The van der Waals surface area contributed by atoms with E-state index in [2.05, 4.69) is 26.2 Å². The second-order valence-corrected chi connectivity index (χ2v) is 3.22. The van der Waals surface area contributed by atoms with Crippen LogP contribution in [0.3, 0.4) is 0 Å². The van der Waals surface area contributed by atoms with E-state index in [1.807, 2.05) is 0 Å². The Balaban J connectivity index is 2.69. The third kappa shape index (κ3) is 2.79. The molecule has 0 bridgehead atoms. The molecule has 3 nitrogen and oxygen atoms in total. The Morgan fingerprint density at radius 3 is 3.08 bits per heavy atom. The van der Waals surface area contributed by atoms with Gasteiger partial charge in [-0.3, -0.25) is 4.79 Å². The molecule has 0 aliphatic heterocycles. The molecule has 0 fully saturated rings. The first-order chi connectivity index (χ1) is 5.72. The molecular weight excluding hydrogens is 243 g/mol. The Labute approximate surface area is 83.3 Å². The lowest BCUT2D eigenvalue weighted by Crippen LogP contribution is -2.13.